The molecule has 4 heteroatoms. The van der Waals surface area contributed by atoms with E-state index in [1.807, 2.05) is 18.2 Å². The average molecular weight is 293 g/mol. The van der Waals surface area contributed by atoms with Crippen LogP contribution in [0.4, 0.5) is 0 Å². The van der Waals surface area contributed by atoms with E-state index in [2.05, 4.69) is 5.32 Å². The van der Waals surface area contributed by atoms with Crippen LogP contribution in [0.1, 0.15) is 37.7 Å². The van der Waals surface area contributed by atoms with Gasteiger partial charge in [0.25, 0.3) is 0 Å². The number of hydrogen-bond donors (Lipinski definition) is 2. The van der Waals surface area contributed by atoms with Gasteiger partial charge in [0.2, 0.25) is 0 Å². The van der Waals surface area contributed by atoms with Gasteiger partial charge in [0, 0.05) is 25.3 Å². The number of methoxy groups -OCH3 is 2. The fourth-order valence-corrected chi connectivity index (χ4v) is 3.09. The SMILES string of the molecule is COc1cc(CNC2CCCCCC2CO)cc(OC)c1. The topological polar surface area (TPSA) is 50.7 Å². The lowest BCUT2D eigenvalue weighted by Crippen LogP contribution is -2.36. The fraction of sp³-hybridized carbons (Fsp3) is 0.647. The Morgan fingerprint density at radius 1 is 1.05 bits per heavy atom. The Morgan fingerprint density at radius 2 is 1.71 bits per heavy atom. The van der Waals surface area contributed by atoms with E-state index < -0.39 is 0 Å². The van der Waals surface area contributed by atoms with Crippen LogP contribution < -0.4 is 14.8 Å². The third-order valence-corrected chi connectivity index (χ3v) is 4.37. The van der Waals surface area contributed by atoms with Gasteiger partial charge in [-0.2, -0.15) is 0 Å². The Labute approximate surface area is 127 Å². The zero-order chi connectivity index (χ0) is 15.1. The largest absolute Gasteiger partial charge is 0.497 e. The van der Waals surface area contributed by atoms with Gasteiger partial charge in [0.05, 0.1) is 14.2 Å². The lowest BCUT2D eigenvalue weighted by atomic mass is 9.95. The molecule has 0 radical (unpaired) electrons. The molecule has 118 valence electrons. The van der Waals surface area contributed by atoms with Gasteiger partial charge in [-0.3, -0.25) is 0 Å². The standard InChI is InChI=1S/C17H27NO3/c1-20-15-8-13(9-16(10-15)21-2)11-18-17-7-5-3-4-6-14(17)12-19/h8-10,14,17-19H,3-7,11-12H2,1-2H3. The zero-order valence-corrected chi connectivity index (χ0v) is 13.1. The second-order valence-electron chi connectivity index (χ2n) is 5.79. The van der Waals surface area contributed by atoms with Crippen LogP contribution in [0.5, 0.6) is 11.5 Å². The van der Waals surface area contributed by atoms with Crippen molar-refractivity contribution in [3.8, 4) is 11.5 Å². The smallest absolute Gasteiger partial charge is 0.122 e. The molecule has 0 amide bonds. The molecule has 1 aromatic rings. The minimum absolute atomic E-state index is 0.277. The van der Waals surface area contributed by atoms with Crippen molar-refractivity contribution in [3.63, 3.8) is 0 Å². The van der Waals surface area contributed by atoms with Crippen LogP contribution in [0.25, 0.3) is 0 Å². The second-order valence-corrected chi connectivity index (χ2v) is 5.79. The summed E-state index contributed by atoms with van der Waals surface area (Å²) in [4.78, 5) is 0. The van der Waals surface area contributed by atoms with E-state index in [1.165, 1.54) is 19.3 Å². The highest BCUT2D eigenvalue weighted by Gasteiger charge is 2.22. The van der Waals surface area contributed by atoms with E-state index in [-0.39, 0.29) is 6.61 Å². The van der Waals surface area contributed by atoms with E-state index in [9.17, 15) is 5.11 Å². The predicted molar refractivity (Wildman–Crippen MR) is 83.8 cm³/mol. The first-order chi connectivity index (χ1) is 10.3. The highest BCUT2D eigenvalue weighted by atomic mass is 16.5. The van der Waals surface area contributed by atoms with Gasteiger partial charge in [0.1, 0.15) is 11.5 Å². The number of rotatable bonds is 6. The summed E-state index contributed by atoms with van der Waals surface area (Å²) in [5.41, 5.74) is 1.15. The Morgan fingerprint density at radius 3 is 2.33 bits per heavy atom. The number of benzene rings is 1. The minimum atomic E-state index is 0.277. The van der Waals surface area contributed by atoms with Gasteiger partial charge in [-0.25, -0.2) is 0 Å². The Kier molecular flexibility index (Phi) is 6.33. The molecule has 4 nitrogen and oxygen atoms in total. The van der Waals surface area contributed by atoms with Crippen molar-refractivity contribution in [2.75, 3.05) is 20.8 Å². The lowest BCUT2D eigenvalue weighted by Gasteiger charge is -2.24. The molecule has 0 aliphatic heterocycles. The van der Waals surface area contributed by atoms with Gasteiger partial charge < -0.3 is 19.9 Å². The summed E-state index contributed by atoms with van der Waals surface area (Å²) in [6, 6.07) is 6.33. The first-order valence-electron chi connectivity index (χ1n) is 7.83. The lowest BCUT2D eigenvalue weighted by molar-refractivity contribution is 0.181. The summed E-state index contributed by atoms with van der Waals surface area (Å²) in [6.07, 6.45) is 6.02. The molecular weight excluding hydrogens is 266 g/mol. The van der Waals surface area contributed by atoms with Crippen LogP contribution in [0, 0.1) is 5.92 Å². The molecule has 1 aromatic carbocycles. The average Bonchev–Trinajstić information content (AvgIpc) is 2.77. The van der Waals surface area contributed by atoms with Crippen LogP contribution >= 0.6 is 0 Å². The first-order valence-corrected chi connectivity index (χ1v) is 7.83. The van der Waals surface area contributed by atoms with E-state index in [0.717, 1.165) is 36.4 Å². The number of aliphatic hydroxyl groups is 1. The quantitative estimate of drug-likeness (QED) is 0.792. The van der Waals surface area contributed by atoms with Gasteiger partial charge in [0.15, 0.2) is 0 Å². The van der Waals surface area contributed by atoms with Crippen molar-refractivity contribution in [3.05, 3.63) is 23.8 Å². The molecule has 2 rings (SSSR count). The molecular formula is C17H27NO3. The number of aliphatic hydroxyl groups excluding tert-OH is 1. The minimum Gasteiger partial charge on any atom is -0.497 e. The maximum atomic E-state index is 9.57. The summed E-state index contributed by atoms with van der Waals surface area (Å²) < 4.78 is 10.6. The van der Waals surface area contributed by atoms with Crippen molar-refractivity contribution < 1.29 is 14.6 Å². The van der Waals surface area contributed by atoms with Crippen LogP contribution in [0.2, 0.25) is 0 Å². The molecule has 0 heterocycles. The molecule has 0 aromatic heterocycles. The third-order valence-electron chi connectivity index (χ3n) is 4.37. The molecule has 21 heavy (non-hydrogen) atoms. The van der Waals surface area contributed by atoms with Crippen LogP contribution in [0.3, 0.4) is 0 Å². The van der Waals surface area contributed by atoms with E-state index >= 15 is 0 Å². The molecule has 1 saturated carbocycles. The predicted octanol–water partition coefficient (Wildman–Crippen LogP) is 2.73. The molecule has 0 spiro atoms. The van der Waals surface area contributed by atoms with Crippen LogP contribution in [0.15, 0.2) is 18.2 Å². The van der Waals surface area contributed by atoms with Crippen molar-refractivity contribution in [1.29, 1.82) is 0 Å². The Balaban J connectivity index is 2.00. The van der Waals surface area contributed by atoms with Gasteiger partial charge in [-0.1, -0.05) is 19.3 Å². The number of hydrogen-bond acceptors (Lipinski definition) is 4. The first kappa shape index (κ1) is 16.1. The monoisotopic (exact) mass is 293 g/mol. The molecule has 0 bridgehead atoms. The summed E-state index contributed by atoms with van der Waals surface area (Å²) in [6.45, 7) is 1.05. The third kappa shape index (κ3) is 4.61. The normalized spacial score (nSPS) is 22.6. The van der Waals surface area contributed by atoms with Crippen molar-refractivity contribution in [1.82, 2.24) is 5.32 Å². The highest BCUT2D eigenvalue weighted by Crippen LogP contribution is 2.25. The van der Waals surface area contributed by atoms with Gasteiger partial charge in [-0.05, 0) is 36.5 Å². The maximum Gasteiger partial charge on any atom is 0.122 e. The van der Waals surface area contributed by atoms with E-state index in [0.29, 0.717) is 12.0 Å². The van der Waals surface area contributed by atoms with E-state index in [4.69, 9.17) is 9.47 Å². The molecule has 0 saturated heterocycles. The fourth-order valence-electron chi connectivity index (χ4n) is 3.09. The summed E-state index contributed by atoms with van der Waals surface area (Å²) >= 11 is 0. The number of nitrogens with one attached hydrogen (secondary N) is 1. The van der Waals surface area contributed by atoms with Gasteiger partial charge in [-0.15, -0.1) is 0 Å². The Hall–Kier alpha value is -1.26. The summed E-state index contributed by atoms with van der Waals surface area (Å²) in [5, 5.41) is 13.2. The van der Waals surface area contributed by atoms with Crippen LogP contribution in [-0.4, -0.2) is 32.0 Å². The molecule has 2 N–H and O–H groups in total. The summed E-state index contributed by atoms with van der Waals surface area (Å²) in [5.74, 6) is 2.00. The maximum absolute atomic E-state index is 9.57. The number of ether oxygens (including phenoxy) is 2. The van der Waals surface area contributed by atoms with E-state index in [1.54, 1.807) is 14.2 Å². The highest BCUT2D eigenvalue weighted by molar-refractivity contribution is 5.38. The van der Waals surface area contributed by atoms with Crippen molar-refractivity contribution >= 4 is 0 Å². The zero-order valence-electron chi connectivity index (χ0n) is 13.1. The van der Waals surface area contributed by atoms with Crippen molar-refractivity contribution in [2.45, 2.75) is 44.7 Å². The van der Waals surface area contributed by atoms with Crippen LogP contribution in [-0.2, 0) is 6.54 Å². The molecule has 1 aliphatic rings. The molecule has 1 fully saturated rings. The van der Waals surface area contributed by atoms with Gasteiger partial charge >= 0.3 is 0 Å². The Bertz CT molecular complexity index is 414. The molecule has 1 aliphatic carbocycles. The summed E-state index contributed by atoms with van der Waals surface area (Å²) in [7, 11) is 3.33. The van der Waals surface area contributed by atoms with Crippen molar-refractivity contribution in [2.24, 2.45) is 5.92 Å². The second kappa shape index (κ2) is 8.25. The molecule has 2 atom stereocenters. The molecule has 2 unspecified atom stereocenters.